The second-order valence-electron chi connectivity index (χ2n) is 3.59. The summed E-state index contributed by atoms with van der Waals surface area (Å²) in [7, 11) is 0. The molecular formula is C10H16N2O. The van der Waals surface area contributed by atoms with Gasteiger partial charge >= 0.3 is 0 Å². The third-order valence-electron chi connectivity index (χ3n) is 2.61. The first-order valence-corrected chi connectivity index (χ1v) is 4.82. The van der Waals surface area contributed by atoms with Crippen molar-refractivity contribution >= 4 is 0 Å². The van der Waals surface area contributed by atoms with Crippen LogP contribution >= 0.6 is 0 Å². The molecule has 1 aliphatic rings. The van der Waals surface area contributed by atoms with Gasteiger partial charge in [-0.1, -0.05) is 0 Å². The van der Waals surface area contributed by atoms with Crippen molar-refractivity contribution in [2.75, 3.05) is 13.2 Å². The van der Waals surface area contributed by atoms with E-state index in [9.17, 15) is 0 Å². The molecule has 1 saturated heterocycles. The molecule has 2 N–H and O–H groups in total. The van der Waals surface area contributed by atoms with Crippen LogP contribution in [0, 0.1) is 5.92 Å². The van der Waals surface area contributed by atoms with E-state index in [1.807, 2.05) is 0 Å². The summed E-state index contributed by atoms with van der Waals surface area (Å²) in [6.07, 6.45) is 3.28. The highest BCUT2D eigenvalue weighted by atomic mass is 16.5. The summed E-state index contributed by atoms with van der Waals surface area (Å²) in [4.78, 5) is 0. The Balaban J connectivity index is 1.99. The van der Waals surface area contributed by atoms with E-state index in [4.69, 9.17) is 10.5 Å². The fourth-order valence-electron chi connectivity index (χ4n) is 1.82. The number of nitrogens with two attached hydrogens (primary N) is 1. The van der Waals surface area contributed by atoms with E-state index in [0.29, 0.717) is 12.5 Å². The summed E-state index contributed by atoms with van der Waals surface area (Å²) in [6, 6.07) is 4.13. The van der Waals surface area contributed by atoms with E-state index in [-0.39, 0.29) is 0 Å². The summed E-state index contributed by atoms with van der Waals surface area (Å²) in [5.41, 5.74) is 6.83. The van der Waals surface area contributed by atoms with Gasteiger partial charge in [0.05, 0.1) is 6.61 Å². The average molecular weight is 180 g/mol. The lowest BCUT2D eigenvalue weighted by Crippen LogP contribution is -2.13. The third-order valence-corrected chi connectivity index (χ3v) is 2.61. The van der Waals surface area contributed by atoms with Crippen LogP contribution in [0.4, 0.5) is 0 Å². The monoisotopic (exact) mass is 180 g/mol. The minimum Gasteiger partial charge on any atom is -0.381 e. The van der Waals surface area contributed by atoms with Gasteiger partial charge in [-0.05, 0) is 18.6 Å². The molecule has 1 aliphatic heterocycles. The Kier molecular flexibility index (Phi) is 2.66. The molecule has 1 aromatic rings. The van der Waals surface area contributed by atoms with Gasteiger partial charge < -0.3 is 15.0 Å². The van der Waals surface area contributed by atoms with Crippen LogP contribution in [0.5, 0.6) is 0 Å². The fourth-order valence-corrected chi connectivity index (χ4v) is 1.82. The molecule has 0 bridgehead atoms. The zero-order valence-corrected chi connectivity index (χ0v) is 7.78. The third kappa shape index (κ3) is 1.92. The Labute approximate surface area is 78.5 Å². The maximum atomic E-state index is 5.62. The Hall–Kier alpha value is -0.800. The van der Waals surface area contributed by atoms with Gasteiger partial charge in [0.15, 0.2) is 0 Å². The topological polar surface area (TPSA) is 40.2 Å². The molecule has 2 rings (SSSR count). The van der Waals surface area contributed by atoms with Crippen LogP contribution < -0.4 is 5.73 Å². The second-order valence-corrected chi connectivity index (χ2v) is 3.59. The van der Waals surface area contributed by atoms with Crippen molar-refractivity contribution in [3.05, 3.63) is 24.0 Å². The second kappa shape index (κ2) is 3.94. The Morgan fingerprint density at radius 3 is 3.23 bits per heavy atom. The lowest BCUT2D eigenvalue weighted by molar-refractivity contribution is 0.182. The molecule has 0 saturated carbocycles. The molecule has 3 heteroatoms. The molecule has 3 nitrogen and oxygen atoms in total. The van der Waals surface area contributed by atoms with Crippen molar-refractivity contribution < 1.29 is 4.74 Å². The van der Waals surface area contributed by atoms with Crippen molar-refractivity contribution in [3.63, 3.8) is 0 Å². The molecule has 0 aromatic carbocycles. The zero-order valence-electron chi connectivity index (χ0n) is 7.78. The molecule has 2 heterocycles. The van der Waals surface area contributed by atoms with Gasteiger partial charge in [-0.25, -0.2) is 0 Å². The standard InChI is InChI=1S/C10H16N2O/c11-6-10-2-1-4-12(10)7-9-3-5-13-8-9/h1-2,4,9H,3,5-8,11H2. The van der Waals surface area contributed by atoms with E-state index in [0.717, 1.165) is 19.8 Å². The van der Waals surface area contributed by atoms with Gasteiger partial charge in [-0.15, -0.1) is 0 Å². The van der Waals surface area contributed by atoms with Crippen molar-refractivity contribution in [2.45, 2.75) is 19.5 Å². The van der Waals surface area contributed by atoms with Crippen LogP contribution in [0.2, 0.25) is 0 Å². The largest absolute Gasteiger partial charge is 0.381 e. The van der Waals surface area contributed by atoms with Crippen LogP contribution in [0.25, 0.3) is 0 Å². The first-order valence-electron chi connectivity index (χ1n) is 4.82. The summed E-state index contributed by atoms with van der Waals surface area (Å²) >= 11 is 0. The van der Waals surface area contributed by atoms with Crippen molar-refractivity contribution in [2.24, 2.45) is 11.7 Å². The van der Waals surface area contributed by atoms with Crippen LogP contribution in [0.15, 0.2) is 18.3 Å². The highest BCUT2D eigenvalue weighted by molar-refractivity contribution is 5.06. The first kappa shape index (κ1) is 8.78. The van der Waals surface area contributed by atoms with Gasteiger partial charge in [-0.2, -0.15) is 0 Å². The summed E-state index contributed by atoms with van der Waals surface area (Å²) in [5.74, 6) is 0.678. The Bertz CT molecular complexity index is 264. The number of rotatable bonds is 3. The molecule has 1 aromatic heterocycles. The summed E-state index contributed by atoms with van der Waals surface area (Å²) in [6.45, 7) is 3.51. The summed E-state index contributed by atoms with van der Waals surface area (Å²) < 4.78 is 7.57. The van der Waals surface area contributed by atoms with E-state index in [1.54, 1.807) is 0 Å². The van der Waals surface area contributed by atoms with E-state index >= 15 is 0 Å². The van der Waals surface area contributed by atoms with Crippen LogP contribution in [-0.4, -0.2) is 17.8 Å². The molecular weight excluding hydrogens is 164 g/mol. The predicted molar refractivity (Wildman–Crippen MR) is 51.2 cm³/mol. The Morgan fingerprint density at radius 2 is 2.54 bits per heavy atom. The number of aromatic nitrogens is 1. The van der Waals surface area contributed by atoms with Crippen LogP contribution in [0.3, 0.4) is 0 Å². The SMILES string of the molecule is NCc1cccn1CC1CCOC1. The fraction of sp³-hybridized carbons (Fsp3) is 0.600. The molecule has 1 unspecified atom stereocenters. The van der Waals surface area contributed by atoms with Crippen LogP contribution in [-0.2, 0) is 17.8 Å². The molecule has 0 amide bonds. The van der Waals surface area contributed by atoms with E-state index in [1.165, 1.54) is 12.1 Å². The van der Waals surface area contributed by atoms with Crippen molar-refractivity contribution in [1.29, 1.82) is 0 Å². The van der Waals surface area contributed by atoms with Gasteiger partial charge in [0.25, 0.3) is 0 Å². The number of ether oxygens (including phenoxy) is 1. The normalized spacial score (nSPS) is 22.4. The summed E-state index contributed by atoms with van der Waals surface area (Å²) in [5, 5.41) is 0. The molecule has 1 fully saturated rings. The van der Waals surface area contributed by atoms with Crippen LogP contribution in [0.1, 0.15) is 12.1 Å². The number of hydrogen-bond donors (Lipinski definition) is 1. The lowest BCUT2D eigenvalue weighted by Gasteiger charge is -2.11. The number of hydrogen-bond acceptors (Lipinski definition) is 2. The van der Waals surface area contributed by atoms with Gasteiger partial charge in [0.2, 0.25) is 0 Å². The molecule has 1 atom stereocenters. The highest BCUT2D eigenvalue weighted by Crippen LogP contribution is 2.16. The number of nitrogens with zero attached hydrogens (tertiary/aromatic N) is 1. The average Bonchev–Trinajstić information content (AvgIpc) is 2.76. The van der Waals surface area contributed by atoms with E-state index in [2.05, 4.69) is 22.9 Å². The smallest absolute Gasteiger partial charge is 0.0512 e. The lowest BCUT2D eigenvalue weighted by atomic mass is 10.1. The molecule has 0 spiro atoms. The molecule has 13 heavy (non-hydrogen) atoms. The maximum Gasteiger partial charge on any atom is 0.0512 e. The molecule has 0 aliphatic carbocycles. The van der Waals surface area contributed by atoms with Gasteiger partial charge in [-0.3, -0.25) is 0 Å². The minimum atomic E-state index is 0.626. The minimum absolute atomic E-state index is 0.626. The van der Waals surface area contributed by atoms with Crippen molar-refractivity contribution in [3.8, 4) is 0 Å². The first-order chi connectivity index (χ1) is 6.40. The predicted octanol–water partition coefficient (Wildman–Crippen LogP) is 0.983. The van der Waals surface area contributed by atoms with Gasteiger partial charge in [0, 0.05) is 37.5 Å². The van der Waals surface area contributed by atoms with E-state index < -0.39 is 0 Å². The molecule has 0 radical (unpaired) electrons. The highest BCUT2D eigenvalue weighted by Gasteiger charge is 2.16. The maximum absolute atomic E-state index is 5.62. The quantitative estimate of drug-likeness (QED) is 0.753. The molecule has 72 valence electrons. The zero-order chi connectivity index (χ0) is 9.10. The Morgan fingerprint density at radius 1 is 1.62 bits per heavy atom. The van der Waals surface area contributed by atoms with Crippen molar-refractivity contribution in [1.82, 2.24) is 4.57 Å². The van der Waals surface area contributed by atoms with Gasteiger partial charge in [0.1, 0.15) is 0 Å².